The Labute approximate surface area is 70.5 Å². The van der Waals surface area contributed by atoms with Gasteiger partial charge in [-0.3, -0.25) is 5.32 Å². The third-order valence-corrected chi connectivity index (χ3v) is 1.43. The smallest absolute Gasteiger partial charge is 0.0636 e. The second kappa shape index (κ2) is 3.55. The molecule has 0 saturated carbocycles. The van der Waals surface area contributed by atoms with Crippen LogP contribution in [0.1, 0.15) is 47.5 Å². The molecular formula is C9H22N2. The van der Waals surface area contributed by atoms with Gasteiger partial charge in [0.25, 0.3) is 0 Å². The van der Waals surface area contributed by atoms with E-state index < -0.39 is 0 Å². The molecule has 0 rings (SSSR count). The molecule has 2 nitrogen and oxygen atoms in total. The average molecular weight is 158 g/mol. The maximum absolute atomic E-state index is 6.00. The fourth-order valence-corrected chi connectivity index (χ4v) is 1.44. The molecule has 0 aromatic heterocycles. The largest absolute Gasteiger partial charge is 0.314 e. The summed E-state index contributed by atoms with van der Waals surface area (Å²) in [7, 11) is 0. The van der Waals surface area contributed by atoms with E-state index in [2.05, 4.69) is 33.0 Å². The van der Waals surface area contributed by atoms with E-state index in [-0.39, 0.29) is 11.2 Å². The summed E-state index contributed by atoms with van der Waals surface area (Å²) in [5, 5.41) is 3.37. The minimum Gasteiger partial charge on any atom is -0.314 e. The molecule has 0 heterocycles. The molecule has 0 bridgehead atoms. The van der Waals surface area contributed by atoms with Crippen molar-refractivity contribution in [3.05, 3.63) is 0 Å². The minimum atomic E-state index is -0.215. The Bertz CT molecular complexity index is 111. The lowest BCUT2D eigenvalue weighted by Gasteiger charge is -2.34. The molecule has 2 heteroatoms. The fraction of sp³-hybridized carbons (Fsp3) is 1.00. The summed E-state index contributed by atoms with van der Waals surface area (Å²) < 4.78 is 0. The third kappa shape index (κ3) is 6.32. The standard InChI is InChI=1S/C9H22N2/c1-6-7-9(5,10)11-8(2,3)4/h11H,6-7,10H2,1-5H3. The molecule has 68 valence electrons. The van der Waals surface area contributed by atoms with E-state index in [0.717, 1.165) is 12.8 Å². The van der Waals surface area contributed by atoms with Crippen LogP contribution >= 0.6 is 0 Å². The Morgan fingerprint density at radius 1 is 1.18 bits per heavy atom. The molecule has 0 fully saturated rings. The van der Waals surface area contributed by atoms with Crippen molar-refractivity contribution in [1.29, 1.82) is 0 Å². The van der Waals surface area contributed by atoms with E-state index >= 15 is 0 Å². The highest BCUT2D eigenvalue weighted by atomic mass is 15.1. The summed E-state index contributed by atoms with van der Waals surface area (Å²) in [6, 6.07) is 0. The Morgan fingerprint density at radius 3 is 1.91 bits per heavy atom. The van der Waals surface area contributed by atoms with E-state index in [1.807, 2.05) is 6.92 Å². The lowest BCUT2D eigenvalue weighted by molar-refractivity contribution is 0.252. The average Bonchev–Trinajstić information content (AvgIpc) is 1.55. The van der Waals surface area contributed by atoms with Crippen LogP contribution in [0.15, 0.2) is 0 Å². The Hall–Kier alpha value is -0.0800. The van der Waals surface area contributed by atoms with E-state index in [4.69, 9.17) is 5.73 Å². The molecule has 1 atom stereocenters. The highest BCUT2D eigenvalue weighted by molar-refractivity contribution is 4.83. The van der Waals surface area contributed by atoms with Gasteiger partial charge in [-0.2, -0.15) is 0 Å². The zero-order valence-electron chi connectivity index (χ0n) is 8.49. The summed E-state index contributed by atoms with van der Waals surface area (Å²) >= 11 is 0. The maximum atomic E-state index is 6.00. The van der Waals surface area contributed by atoms with Gasteiger partial charge in [0.1, 0.15) is 0 Å². The van der Waals surface area contributed by atoms with E-state index in [1.54, 1.807) is 0 Å². The highest BCUT2D eigenvalue weighted by Gasteiger charge is 2.22. The molecular weight excluding hydrogens is 136 g/mol. The van der Waals surface area contributed by atoms with Crippen LogP contribution in [0.4, 0.5) is 0 Å². The van der Waals surface area contributed by atoms with Gasteiger partial charge in [0, 0.05) is 5.54 Å². The minimum absolute atomic E-state index is 0.110. The van der Waals surface area contributed by atoms with E-state index in [1.165, 1.54) is 0 Å². The molecule has 0 aromatic rings. The first-order valence-corrected chi connectivity index (χ1v) is 4.35. The first kappa shape index (κ1) is 10.9. The Kier molecular flexibility index (Phi) is 3.52. The quantitative estimate of drug-likeness (QED) is 0.615. The van der Waals surface area contributed by atoms with Crippen molar-refractivity contribution in [3.63, 3.8) is 0 Å². The van der Waals surface area contributed by atoms with Gasteiger partial charge in [0.15, 0.2) is 0 Å². The molecule has 0 aromatic carbocycles. The number of hydrogen-bond acceptors (Lipinski definition) is 2. The van der Waals surface area contributed by atoms with Crippen molar-refractivity contribution in [3.8, 4) is 0 Å². The van der Waals surface area contributed by atoms with Gasteiger partial charge in [-0.25, -0.2) is 0 Å². The van der Waals surface area contributed by atoms with Crippen LogP contribution in [0.5, 0.6) is 0 Å². The number of hydrogen-bond donors (Lipinski definition) is 2. The lowest BCUT2D eigenvalue weighted by atomic mass is 10.0. The summed E-state index contributed by atoms with van der Waals surface area (Å²) in [6.45, 7) is 10.6. The molecule has 0 spiro atoms. The Balaban J connectivity index is 3.91. The van der Waals surface area contributed by atoms with Crippen LogP contribution in [0.25, 0.3) is 0 Å². The van der Waals surface area contributed by atoms with Gasteiger partial charge in [0.05, 0.1) is 5.66 Å². The number of nitrogens with two attached hydrogens (primary N) is 1. The second-order valence-electron chi connectivity index (χ2n) is 4.54. The summed E-state index contributed by atoms with van der Waals surface area (Å²) in [4.78, 5) is 0. The SMILES string of the molecule is CCCC(C)(N)NC(C)(C)C. The van der Waals surface area contributed by atoms with Gasteiger partial charge in [0.2, 0.25) is 0 Å². The van der Waals surface area contributed by atoms with Gasteiger partial charge in [-0.1, -0.05) is 13.3 Å². The highest BCUT2D eigenvalue weighted by Crippen LogP contribution is 2.10. The Morgan fingerprint density at radius 2 is 1.64 bits per heavy atom. The van der Waals surface area contributed by atoms with E-state index in [0.29, 0.717) is 0 Å². The van der Waals surface area contributed by atoms with E-state index in [9.17, 15) is 0 Å². The van der Waals surface area contributed by atoms with Crippen molar-refractivity contribution in [1.82, 2.24) is 5.32 Å². The molecule has 3 N–H and O–H groups in total. The third-order valence-electron chi connectivity index (χ3n) is 1.43. The molecule has 1 unspecified atom stereocenters. The monoisotopic (exact) mass is 158 g/mol. The van der Waals surface area contributed by atoms with Crippen LogP contribution in [-0.2, 0) is 0 Å². The molecule has 11 heavy (non-hydrogen) atoms. The van der Waals surface area contributed by atoms with Crippen LogP contribution in [0.3, 0.4) is 0 Å². The van der Waals surface area contributed by atoms with Gasteiger partial charge in [-0.05, 0) is 34.1 Å². The van der Waals surface area contributed by atoms with Crippen molar-refractivity contribution in [2.45, 2.75) is 58.7 Å². The van der Waals surface area contributed by atoms with Crippen molar-refractivity contribution in [2.24, 2.45) is 5.73 Å². The number of nitrogens with one attached hydrogen (secondary N) is 1. The predicted molar refractivity (Wildman–Crippen MR) is 50.4 cm³/mol. The molecule has 0 radical (unpaired) electrons. The zero-order valence-corrected chi connectivity index (χ0v) is 8.49. The fourth-order valence-electron chi connectivity index (χ4n) is 1.44. The van der Waals surface area contributed by atoms with Crippen molar-refractivity contribution < 1.29 is 0 Å². The van der Waals surface area contributed by atoms with Crippen LogP contribution < -0.4 is 11.1 Å². The summed E-state index contributed by atoms with van der Waals surface area (Å²) in [5.74, 6) is 0. The van der Waals surface area contributed by atoms with Crippen molar-refractivity contribution >= 4 is 0 Å². The normalized spacial score (nSPS) is 18.0. The van der Waals surface area contributed by atoms with Gasteiger partial charge < -0.3 is 5.73 Å². The lowest BCUT2D eigenvalue weighted by Crippen LogP contribution is -2.58. The van der Waals surface area contributed by atoms with Gasteiger partial charge in [-0.15, -0.1) is 0 Å². The zero-order chi connectivity index (χ0) is 9.12. The second-order valence-corrected chi connectivity index (χ2v) is 4.54. The number of rotatable bonds is 3. The molecule has 0 aliphatic carbocycles. The molecule has 0 aliphatic heterocycles. The first-order valence-electron chi connectivity index (χ1n) is 4.35. The topological polar surface area (TPSA) is 38.0 Å². The van der Waals surface area contributed by atoms with Crippen LogP contribution in [0.2, 0.25) is 0 Å². The summed E-state index contributed by atoms with van der Waals surface area (Å²) in [6.07, 6.45) is 2.14. The first-order chi connectivity index (χ1) is 4.77. The molecule has 0 amide bonds. The maximum Gasteiger partial charge on any atom is 0.0636 e. The molecule has 0 aliphatic rings. The van der Waals surface area contributed by atoms with Gasteiger partial charge >= 0.3 is 0 Å². The van der Waals surface area contributed by atoms with Crippen LogP contribution in [0, 0.1) is 0 Å². The van der Waals surface area contributed by atoms with Crippen molar-refractivity contribution in [2.75, 3.05) is 0 Å². The summed E-state index contributed by atoms with van der Waals surface area (Å²) in [5.41, 5.74) is 5.90. The predicted octanol–water partition coefficient (Wildman–Crippen LogP) is 1.85. The molecule has 0 saturated heterocycles. The van der Waals surface area contributed by atoms with Crippen LogP contribution in [-0.4, -0.2) is 11.2 Å².